The number of hydrogen-bond donors (Lipinski definition) is 1. The molecule has 0 radical (unpaired) electrons. The molecule has 0 aliphatic heterocycles. The Bertz CT molecular complexity index is 1790. The van der Waals surface area contributed by atoms with E-state index in [-0.39, 0.29) is 5.92 Å². The van der Waals surface area contributed by atoms with Crippen LogP contribution in [0, 0.1) is 0 Å². The molecule has 4 nitrogen and oxygen atoms in total. The monoisotopic (exact) mass is 605 g/mol. The van der Waals surface area contributed by atoms with Gasteiger partial charge in [-0.25, -0.2) is 0 Å². The van der Waals surface area contributed by atoms with Crippen LogP contribution in [0.25, 0.3) is 0 Å². The highest BCUT2D eigenvalue weighted by Gasteiger charge is 2.28. The third kappa shape index (κ3) is 8.03. The molecule has 0 fully saturated rings. The van der Waals surface area contributed by atoms with Crippen molar-refractivity contribution in [3.05, 3.63) is 197 Å². The van der Waals surface area contributed by atoms with Crippen molar-refractivity contribution < 1.29 is 14.2 Å². The standard InChI is InChI=1S/C42H39NO3/c43-42(37-24-12-15-27-41(37)46-31-34-20-8-3-9-21-34)38(36-23-11-14-26-40(36)45-30-33-18-6-2-7-19-33)28-35-22-10-13-25-39(35)44-29-32-16-4-1-5-17-32/h1-27,38,42H,28-31,43H2. The number of benzene rings is 6. The molecule has 0 heterocycles. The molecule has 0 saturated carbocycles. The molecule has 0 amide bonds. The van der Waals surface area contributed by atoms with Gasteiger partial charge in [-0.05, 0) is 52.4 Å². The van der Waals surface area contributed by atoms with Gasteiger partial charge in [-0.2, -0.15) is 0 Å². The normalized spacial score (nSPS) is 12.2. The van der Waals surface area contributed by atoms with Crippen molar-refractivity contribution in [3.8, 4) is 17.2 Å². The highest BCUT2D eigenvalue weighted by atomic mass is 16.5. The van der Waals surface area contributed by atoms with E-state index in [1.165, 1.54) is 0 Å². The van der Waals surface area contributed by atoms with Crippen molar-refractivity contribution >= 4 is 0 Å². The molecular formula is C42H39NO3. The van der Waals surface area contributed by atoms with Crippen LogP contribution in [0.15, 0.2) is 164 Å². The predicted molar refractivity (Wildman–Crippen MR) is 185 cm³/mol. The maximum Gasteiger partial charge on any atom is 0.124 e. The Morgan fingerprint density at radius 2 is 0.761 bits per heavy atom. The number of para-hydroxylation sites is 3. The lowest BCUT2D eigenvalue weighted by Crippen LogP contribution is -2.23. The average Bonchev–Trinajstić information content (AvgIpc) is 3.13. The highest BCUT2D eigenvalue weighted by Crippen LogP contribution is 2.41. The zero-order chi connectivity index (χ0) is 31.4. The first-order valence-electron chi connectivity index (χ1n) is 15.8. The molecule has 6 aromatic rings. The average molecular weight is 606 g/mol. The van der Waals surface area contributed by atoms with Crippen molar-refractivity contribution in [1.82, 2.24) is 0 Å². The molecule has 0 spiro atoms. The Morgan fingerprint density at radius 1 is 0.391 bits per heavy atom. The molecule has 0 bridgehead atoms. The largest absolute Gasteiger partial charge is 0.489 e. The van der Waals surface area contributed by atoms with Crippen molar-refractivity contribution in [2.75, 3.05) is 0 Å². The van der Waals surface area contributed by atoms with Gasteiger partial charge in [0.15, 0.2) is 0 Å². The number of rotatable bonds is 14. The summed E-state index contributed by atoms with van der Waals surface area (Å²) >= 11 is 0. The maximum atomic E-state index is 7.30. The van der Waals surface area contributed by atoms with E-state index in [4.69, 9.17) is 19.9 Å². The van der Waals surface area contributed by atoms with Crippen LogP contribution in [0.5, 0.6) is 17.2 Å². The van der Waals surface area contributed by atoms with Crippen LogP contribution < -0.4 is 19.9 Å². The molecule has 6 rings (SSSR count). The van der Waals surface area contributed by atoms with Crippen LogP contribution in [0.3, 0.4) is 0 Å². The Kier molecular flexibility index (Phi) is 10.4. The quantitative estimate of drug-likeness (QED) is 0.134. The topological polar surface area (TPSA) is 53.7 Å². The first-order valence-corrected chi connectivity index (χ1v) is 15.8. The molecule has 2 unspecified atom stereocenters. The molecule has 230 valence electrons. The summed E-state index contributed by atoms with van der Waals surface area (Å²) in [4.78, 5) is 0. The molecule has 2 N–H and O–H groups in total. The van der Waals surface area contributed by atoms with Gasteiger partial charge in [0.2, 0.25) is 0 Å². The second-order valence-electron chi connectivity index (χ2n) is 11.3. The van der Waals surface area contributed by atoms with E-state index in [2.05, 4.69) is 66.7 Å². The zero-order valence-corrected chi connectivity index (χ0v) is 25.9. The van der Waals surface area contributed by atoms with Gasteiger partial charge in [-0.3, -0.25) is 0 Å². The smallest absolute Gasteiger partial charge is 0.124 e. The lowest BCUT2D eigenvalue weighted by Gasteiger charge is -2.29. The third-order valence-electron chi connectivity index (χ3n) is 8.15. The Labute approximate surface area is 272 Å². The maximum absolute atomic E-state index is 7.30. The summed E-state index contributed by atoms with van der Waals surface area (Å²) in [5.41, 5.74) is 13.7. The highest BCUT2D eigenvalue weighted by molar-refractivity contribution is 5.45. The summed E-state index contributed by atoms with van der Waals surface area (Å²) < 4.78 is 19.3. The Morgan fingerprint density at radius 3 is 1.28 bits per heavy atom. The minimum absolute atomic E-state index is 0.144. The van der Waals surface area contributed by atoms with Gasteiger partial charge in [0.05, 0.1) is 0 Å². The second-order valence-corrected chi connectivity index (χ2v) is 11.3. The van der Waals surface area contributed by atoms with Gasteiger partial charge in [0.1, 0.15) is 37.1 Å². The van der Waals surface area contributed by atoms with Crippen LogP contribution >= 0.6 is 0 Å². The second kappa shape index (κ2) is 15.6. The molecule has 6 aromatic carbocycles. The molecule has 2 atom stereocenters. The van der Waals surface area contributed by atoms with Gasteiger partial charge < -0.3 is 19.9 Å². The van der Waals surface area contributed by atoms with E-state index in [0.29, 0.717) is 26.2 Å². The minimum Gasteiger partial charge on any atom is -0.489 e. The van der Waals surface area contributed by atoms with E-state index >= 15 is 0 Å². The van der Waals surface area contributed by atoms with Crippen LogP contribution in [0.2, 0.25) is 0 Å². The summed E-state index contributed by atoms with van der Waals surface area (Å²) in [6, 6.07) is 54.8. The van der Waals surface area contributed by atoms with Gasteiger partial charge >= 0.3 is 0 Å². The third-order valence-corrected chi connectivity index (χ3v) is 8.15. The van der Waals surface area contributed by atoms with Crippen LogP contribution in [-0.4, -0.2) is 0 Å². The van der Waals surface area contributed by atoms with Gasteiger partial charge in [-0.15, -0.1) is 0 Å². The zero-order valence-electron chi connectivity index (χ0n) is 25.9. The molecular weight excluding hydrogens is 566 g/mol. The molecule has 0 aromatic heterocycles. The van der Waals surface area contributed by atoms with E-state index in [9.17, 15) is 0 Å². The van der Waals surface area contributed by atoms with Crippen molar-refractivity contribution in [3.63, 3.8) is 0 Å². The minimum atomic E-state index is -0.393. The summed E-state index contributed by atoms with van der Waals surface area (Å²) in [5, 5.41) is 0. The van der Waals surface area contributed by atoms with Crippen LogP contribution in [0.1, 0.15) is 45.3 Å². The Hall–Kier alpha value is -5.32. The van der Waals surface area contributed by atoms with E-state index in [1.807, 2.05) is 97.1 Å². The summed E-state index contributed by atoms with van der Waals surface area (Å²) in [6.07, 6.45) is 0.644. The number of ether oxygens (including phenoxy) is 3. The molecule has 0 saturated heterocycles. The first kappa shape index (κ1) is 30.7. The Balaban J connectivity index is 1.33. The van der Waals surface area contributed by atoms with Gasteiger partial charge in [0.25, 0.3) is 0 Å². The lowest BCUT2D eigenvalue weighted by molar-refractivity contribution is 0.291. The van der Waals surface area contributed by atoms with E-state index < -0.39 is 6.04 Å². The summed E-state index contributed by atoms with van der Waals surface area (Å²) in [5.74, 6) is 2.30. The van der Waals surface area contributed by atoms with Crippen LogP contribution in [-0.2, 0) is 26.2 Å². The fraction of sp³-hybridized carbons (Fsp3) is 0.143. The number of hydrogen-bond acceptors (Lipinski definition) is 4. The summed E-state index contributed by atoms with van der Waals surface area (Å²) in [6.45, 7) is 1.41. The fourth-order valence-electron chi connectivity index (χ4n) is 5.71. The van der Waals surface area contributed by atoms with Crippen molar-refractivity contribution in [1.29, 1.82) is 0 Å². The first-order chi connectivity index (χ1) is 22.7. The van der Waals surface area contributed by atoms with Crippen LogP contribution in [0.4, 0.5) is 0 Å². The fourth-order valence-corrected chi connectivity index (χ4v) is 5.71. The van der Waals surface area contributed by atoms with Crippen molar-refractivity contribution in [2.24, 2.45) is 5.73 Å². The molecule has 46 heavy (non-hydrogen) atoms. The van der Waals surface area contributed by atoms with Gasteiger partial charge in [0, 0.05) is 17.5 Å². The lowest BCUT2D eigenvalue weighted by atomic mass is 9.82. The van der Waals surface area contributed by atoms with Gasteiger partial charge in [-0.1, -0.05) is 146 Å². The van der Waals surface area contributed by atoms with E-state index in [1.54, 1.807) is 0 Å². The molecule has 0 aliphatic rings. The van der Waals surface area contributed by atoms with E-state index in [0.717, 1.165) is 50.6 Å². The predicted octanol–water partition coefficient (Wildman–Crippen LogP) is 9.45. The molecule has 4 heteroatoms. The summed E-state index contributed by atoms with van der Waals surface area (Å²) in [7, 11) is 0. The number of nitrogens with two attached hydrogens (primary N) is 1. The SMILES string of the molecule is NC(c1ccccc1OCc1ccccc1)C(Cc1ccccc1OCc1ccccc1)c1ccccc1OCc1ccccc1. The van der Waals surface area contributed by atoms with Crippen molar-refractivity contribution in [2.45, 2.75) is 38.2 Å². The molecule has 0 aliphatic carbocycles.